The molecule has 1 aromatic rings. The van der Waals surface area contributed by atoms with Crippen LogP contribution in [-0.2, 0) is 0 Å². The van der Waals surface area contributed by atoms with Crippen LogP contribution in [0.5, 0.6) is 0 Å². The van der Waals surface area contributed by atoms with Gasteiger partial charge in [-0.15, -0.1) is 0 Å². The number of rotatable bonds is 2. The van der Waals surface area contributed by atoms with Crippen LogP contribution in [-0.4, -0.2) is 21.2 Å². The van der Waals surface area contributed by atoms with Gasteiger partial charge in [0.25, 0.3) is 0 Å². The number of hydrogen-bond donors (Lipinski definition) is 1. The van der Waals surface area contributed by atoms with Crippen LogP contribution in [0.1, 0.15) is 25.4 Å². The molecule has 1 heterocycles. The van der Waals surface area contributed by atoms with E-state index in [0.717, 1.165) is 17.1 Å². The summed E-state index contributed by atoms with van der Waals surface area (Å²) in [5.74, 6) is 0.743. The van der Waals surface area contributed by atoms with Gasteiger partial charge in [0, 0.05) is 6.20 Å². The molecule has 0 spiro atoms. The third kappa shape index (κ3) is 2.95. The lowest BCUT2D eigenvalue weighted by molar-refractivity contribution is 0.232. The van der Waals surface area contributed by atoms with Crippen molar-refractivity contribution in [2.45, 2.75) is 26.9 Å². The molecule has 0 aliphatic heterocycles. The number of aliphatic hydroxyl groups excluding tert-OH is 1. The Hall–Kier alpha value is -1.22. The molecular weight excluding hydrogens is 164 g/mol. The molecule has 0 radical (unpaired) electrons. The van der Waals surface area contributed by atoms with Crippen molar-refractivity contribution in [1.82, 2.24) is 9.97 Å². The average molecular weight is 178 g/mol. The van der Waals surface area contributed by atoms with Crippen LogP contribution in [0.25, 0.3) is 6.08 Å². The minimum atomic E-state index is -0.421. The Morgan fingerprint density at radius 3 is 2.85 bits per heavy atom. The first kappa shape index (κ1) is 9.86. The fraction of sp³-hybridized carbons (Fsp3) is 0.400. The summed E-state index contributed by atoms with van der Waals surface area (Å²) >= 11 is 0. The molecule has 0 aromatic carbocycles. The Balaban J connectivity index is 2.91. The predicted molar refractivity (Wildman–Crippen MR) is 52.1 cm³/mol. The lowest BCUT2D eigenvalue weighted by Crippen LogP contribution is -2.01. The lowest BCUT2D eigenvalue weighted by Gasteiger charge is -2.03. The van der Waals surface area contributed by atoms with Crippen molar-refractivity contribution in [2.24, 2.45) is 0 Å². The van der Waals surface area contributed by atoms with Gasteiger partial charge < -0.3 is 5.11 Å². The molecule has 1 rings (SSSR count). The maximum absolute atomic E-state index is 9.24. The van der Waals surface area contributed by atoms with E-state index in [0.29, 0.717) is 0 Å². The third-order valence-corrected chi connectivity index (χ3v) is 1.83. The molecular formula is C10H14N2O. The molecule has 0 aliphatic carbocycles. The van der Waals surface area contributed by atoms with Gasteiger partial charge in [0.1, 0.15) is 5.82 Å². The normalized spacial score (nSPS) is 14.3. The molecule has 70 valence electrons. The van der Waals surface area contributed by atoms with E-state index in [1.807, 2.05) is 26.0 Å². The van der Waals surface area contributed by atoms with Crippen LogP contribution in [0.2, 0.25) is 0 Å². The summed E-state index contributed by atoms with van der Waals surface area (Å²) in [5, 5.41) is 9.24. The minimum Gasteiger partial charge on any atom is -0.389 e. The highest BCUT2D eigenvalue weighted by molar-refractivity contribution is 5.48. The van der Waals surface area contributed by atoms with Gasteiger partial charge in [-0.05, 0) is 38.5 Å². The van der Waals surface area contributed by atoms with Gasteiger partial charge in [0.15, 0.2) is 0 Å². The molecule has 0 amide bonds. The summed E-state index contributed by atoms with van der Waals surface area (Å²) in [5.41, 5.74) is 1.74. The molecule has 0 bridgehead atoms. The largest absolute Gasteiger partial charge is 0.389 e. The highest BCUT2D eigenvalue weighted by atomic mass is 16.3. The highest BCUT2D eigenvalue weighted by Gasteiger charge is 1.98. The topological polar surface area (TPSA) is 46.0 Å². The maximum Gasteiger partial charge on any atom is 0.125 e. The van der Waals surface area contributed by atoms with E-state index in [4.69, 9.17) is 0 Å². The van der Waals surface area contributed by atoms with Crippen LogP contribution in [0, 0.1) is 6.92 Å². The van der Waals surface area contributed by atoms with Crippen LogP contribution in [0.4, 0.5) is 0 Å². The second-order valence-electron chi connectivity index (χ2n) is 3.09. The Morgan fingerprint density at radius 2 is 2.31 bits per heavy atom. The van der Waals surface area contributed by atoms with E-state index < -0.39 is 6.10 Å². The van der Waals surface area contributed by atoms with Crippen molar-refractivity contribution >= 4 is 6.08 Å². The molecule has 3 nitrogen and oxygen atoms in total. The standard InChI is InChI=1S/C10H14N2O/c1-7(8(2)13)6-10-4-5-11-9(3)12-10/h4-6,8,13H,1-3H3/b7-6+. The summed E-state index contributed by atoms with van der Waals surface area (Å²) in [7, 11) is 0. The van der Waals surface area contributed by atoms with E-state index in [1.165, 1.54) is 0 Å². The Bertz CT molecular complexity index is 318. The quantitative estimate of drug-likeness (QED) is 0.747. The van der Waals surface area contributed by atoms with E-state index in [-0.39, 0.29) is 0 Å². The summed E-state index contributed by atoms with van der Waals surface area (Å²) in [6.07, 6.45) is 3.15. The molecule has 0 fully saturated rings. The van der Waals surface area contributed by atoms with Crippen LogP contribution < -0.4 is 0 Å². The number of hydrogen-bond acceptors (Lipinski definition) is 3. The Morgan fingerprint density at radius 1 is 1.62 bits per heavy atom. The fourth-order valence-corrected chi connectivity index (χ4v) is 0.909. The number of nitrogens with zero attached hydrogens (tertiary/aromatic N) is 2. The van der Waals surface area contributed by atoms with E-state index in [1.54, 1.807) is 13.1 Å². The minimum absolute atomic E-state index is 0.421. The zero-order chi connectivity index (χ0) is 9.84. The first-order valence-corrected chi connectivity index (χ1v) is 4.25. The maximum atomic E-state index is 9.24. The van der Waals surface area contributed by atoms with Crippen LogP contribution in [0.15, 0.2) is 17.8 Å². The van der Waals surface area contributed by atoms with Gasteiger partial charge in [-0.25, -0.2) is 9.97 Å². The van der Waals surface area contributed by atoms with Gasteiger partial charge in [0.2, 0.25) is 0 Å². The Labute approximate surface area is 78.2 Å². The molecule has 1 aromatic heterocycles. The van der Waals surface area contributed by atoms with Gasteiger partial charge in [-0.1, -0.05) is 0 Å². The van der Waals surface area contributed by atoms with E-state index in [9.17, 15) is 5.11 Å². The first-order valence-electron chi connectivity index (χ1n) is 4.25. The second-order valence-corrected chi connectivity index (χ2v) is 3.09. The smallest absolute Gasteiger partial charge is 0.125 e. The monoisotopic (exact) mass is 178 g/mol. The Kier molecular flexibility index (Phi) is 3.14. The second kappa shape index (κ2) is 4.14. The van der Waals surface area contributed by atoms with E-state index >= 15 is 0 Å². The lowest BCUT2D eigenvalue weighted by atomic mass is 10.1. The molecule has 1 atom stereocenters. The van der Waals surface area contributed by atoms with Gasteiger partial charge >= 0.3 is 0 Å². The fourth-order valence-electron chi connectivity index (χ4n) is 0.909. The molecule has 1 unspecified atom stereocenters. The van der Waals surface area contributed by atoms with Crippen LogP contribution in [0.3, 0.4) is 0 Å². The summed E-state index contributed by atoms with van der Waals surface area (Å²) < 4.78 is 0. The van der Waals surface area contributed by atoms with Gasteiger partial charge in [-0.2, -0.15) is 0 Å². The van der Waals surface area contributed by atoms with Crippen LogP contribution >= 0.6 is 0 Å². The molecule has 0 saturated heterocycles. The predicted octanol–water partition coefficient (Wildman–Crippen LogP) is 1.57. The van der Waals surface area contributed by atoms with Crippen molar-refractivity contribution in [3.63, 3.8) is 0 Å². The van der Waals surface area contributed by atoms with Crippen molar-refractivity contribution in [3.8, 4) is 0 Å². The molecule has 3 heteroatoms. The third-order valence-electron chi connectivity index (χ3n) is 1.83. The summed E-state index contributed by atoms with van der Waals surface area (Å²) in [4.78, 5) is 8.19. The van der Waals surface area contributed by atoms with Crippen molar-refractivity contribution in [2.75, 3.05) is 0 Å². The zero-order valence-electron chi connectivity index (χ0n) is 8.15. The van der Waals surface area contributed by atoms with Gasteiger partial charge in [-0.3, -0.25) is 0 Å². The van der Waals surface area contributed by atoms with Gasteiger partial charge in [0.05, 0.1) is 11.8 Å². The number of aromatic nitrogens is 2. The van der Waals surface area contributed by atoms with E-state index in [2.05, 4.69) is 9.97 Å². The molecule has 13 heavy (non-hydrogen) atoms. The zero-order valence-corrected chi connectivity index (χ0v) is 8.15. The highest BCUT2D eigenvalue weighted by Crippen LogP contribution is 2.06. The number of aliphatic hydroxyl groups is 1. The summed E-state index contributed by atoms with van der Waals surface area (Å²) in [6, 6.07) is 1.82. The molecule has 1 N–H and O–H groups in total. The molecule has 0 aliphatic rings. The first-order chi connectivity index (χ1) is 6.09. The average Bonchev–Trinajstić information content (AvgIpc) is 2.04. The summed E-state index contributed by atoms with van der Waals surface area (Å²) in [6.45, 7) is 5.46. The molecule has 0 saturated carbocycles. The van der Waals surface area contributed by atoms with Crippen molar-refractivity contribution in [3.05, 3.63) is 29.4 Å². The van der Waals surface area contributed by atoms with Crippen molar-refractivity contribution in [1.29, 1.82) is 0 Å². The SMILES string of the molecule is C/C(=C\c1ccnc(C)n1)C(C)O. The number of aryl methyl sites for hydroxylation is 1. The van der Waals surface area contributed by atoms with Crippen molar-refractivity contribution < 1.29 is 5.11 Å².